The Hall–Kier alpha value is -3.03. The van der Waals surface area contributed by atoms with Crippen molar-refractivity contribution >= 4 is 10.8 Å². The molecule has 0 unspecified atom stereocenters. The number of benzene rings is 2. The quantitative estimate of drug-likeness (QED) is 0.210. The van der Waals surface area contributed by atoms with Crippen LogP contribution in [0.3, 0.4) is 0 Å². The number of nitrogens with one attached hydrogen (secondary N) is 1. The summed E-state index contributed by atoms with van der Waals surface area (Å²) in [5, 5.41) is 16.8. The van der Waals surface area contributed by atoms with Crippen molar-refractivity contribution in [2.75, 3.05) is 13.7 Å². The highest BCUT2D eigenvalue weighted by molar-refractivity contribution is 5.87. The van der Waals surface area contributed by atoms with Crippen LogP contribution in [0.15, 0.2) is 58.4 Å². The number of aromatic nitrogens is 5. The van der Waals surface area contributed by atoms with Crippen molar-refractivity contribution in [3.8, 4) is 17.0 Å². The Kier molecular flexibility index (Phi) is 7.10. The summed E-state index contributed by atoms with van der Waals surface area (Å²) in [5.74, 6) is 0.776. The van der Waals surface area contributed by atoms with E-state index < -0.39 is 23.6 Å². The maximum absolute atomic E-state index is 12.4. The molecule has 0 aliphatic carbocycles. The summed E-state index contributed by atoms with van der Waals surface area (Å²) in [6.07, 6.45) is 2.58. The third kappa shape index (κ3) is 4.62. The summed E-state index contributed by atoms with van der Waals surface area (Å²) in [4.78, 5) is 26.5. The number of nitrogens with zero attached hydrogens (tertiary/aromatic N) is 4. The highest BCUT2D eigenvalue weighted by Crippen LogP contribution is 2.38. The van der Waals surface area contributed by atoms with Crippen molar-refractivity contribution < 1.29 is 43.2 Å². The lowest BCUT2D eigenvalue weighted by Crippen LogP contribution is -3.00. The zero-order chi connectivity index (χ0) is 24.0. The molecule has 0 radical (unpaired) electrons. The van der Waals surface area contributed by atoms with Gasteiger partial charge in [0.25, 0.3) is 5.56 Å². The van der Waals surface area contributed by atoms with E-state index in [1.807, 2.05) is 48.3 Å². The lowest BCUT2D eigenvalue weighted by molar-refractivity contribution is -0.732. The summed E-state index contributed by atoms with van der Waals surface area (Å²) in [7, 11) is 3.47. The monoisotopic (exact) mass is 591 g/mol. The normalized spacial score (nSPS) is 19.6. The third-order valence-electron chi connectivity index (χ3n) is 6.29. The Morgan fingerprint density at radius 2 is 2.00 bits per heavy atom. The van der Waals surface area contributed by atoms with Gasteiger partial charge in [0.2, 0.25) is 0 Å². The zero-order valence-electron chi connectivity index (χ0n) is 19.5. The Bertz CT molecular complexity index is 1490. The molecule has 2 aromatic heterocycles. The fourth-order valence-electron chi connectivity index (χ4n) is 4.53. The van der Waals surface area contributed by atoms with Gasteiger partial charge in [-0.2, -0.15) is 0 Å². The maximum atomic E-state index is 12.4. The minimum atomic E-state index is -0.645. The van der Waals surface area contributed by atoms with Crippen LogP contribution in [0.25, 0.3) is 22.0 Å². The highest BCUT2D eigenvalue weighted by Gasteiger charge is 2.43. The highest BCUT2D eigenvalue weighted by atomic mass is 127. The zero-order valence-corrected chi connectivity index (χ0v) is 21.7. The molecule has 0 bridgehead atoms. The molecule has 1 saturated heterocycles. The standard InChI is InChI=1S/C24H25N5O5.HI/c1-14-11-28(24(32)25-23(14)31)22-10-19(21(13-30)34-22)29-20(12-27(2)26-29)16-5-4-15-6-7-18(33-3)9-17(15)8-16;/h4-9,11-12,19,21-22,30H,10,13H2,1-3H3;1H/t19-,21+,22+;/m0./s1. The van der Waals surface area contributed by atoms with Gasteiger partial charge in [-0.1, -0.05) is 12.1 Å². The van der Waals surface area contributed by atoms with Crippen LogP contribution in [0.4, 0.5) is 0 Å². The fourth-order valence-corrected chi connectivity index (χ4v) is 4.53. The van der Waals surface area contributed by atoms with Crippen LogP contribution in [0.5, 0.6) is 5.75 Å². The molecule has 0 saturated carbocycles. The first kappa shape index (κ1) is 25.1. The van der Waals surface area contributed by atoms with E-state index >= 15 is 0 Å². The van der Waals surface area contributed by atoms with Gasteiger partial charge in [-0.25, -0.2) is 4.79 Å². The fraction of sp³-hybridized carbons (Fsp3) is 0.333. The van der Waals surface area contributed by atoms with Crippen molar-refractivity contribution in [1.29, 1.82) is 0 Å². The number of aliphatic hydroxyl groups is 1. The number of fused-ring (bicyclic) bond motifs is 1. The van der Waals surface area contributed by atoms with Gasteiger partial charge in [-0.3, -0.25) is 14.3 Å². The number of aryl methyl sites for hydroxylation is 2. The SMILES string of the molecule is COc1ccc2ccc(-c3c[n+](C)nn3[C@H]3C[C@H](n4cc(C)c(=O)[nH]c4=O)O[C@@H]3CO)cc2c1.[I-]. The summed E-state index contributed by atoms with van der Waals surface area (Å²) in [5.41, 5.74) is 1.23. The molecule has 184 valence electrons. The van der Waals surface area contributed by atoms with E-state index in [0.29, 0.717) is 12.0 Å². The average molecular weight is 591 g/mol. The van der Waals surface area contributed by atoms with Crippen LogP contribution in [-0.4, -0.2) is 44.4 Å². The Labute approximate surface area is 217 Å². The lowest BCUT2D eigenvalue weighted by Gasteiger charge is -2.14. The molecule has 5 rings (SSSR count). The molecule has 1 fully saturated rings. The molecule has 1 aliphatic rings. The predicted octanol–water partition coefficient (Wildman–Crippen LogP) is -1.78. The number of rotatable bonds is 5. The number of aromatic amines is 1. The third-order valence-corrected chi connectivity index (χ3v) is 6.29. The van der Waals surface area contributed by atoms with E-state index in [2.05, 4.69) is 16.3 Å². The van der Waals surface area contributed by atoms with Gasteiger partial charge in [-0.05, 0) is 42.0 Å². The first-order chi connectivity index (χ1) is 16.4. The van der Waals surface area contributed by atoms with Crippen LogP contribution in [0.2, 0.25) is 0 Å². The molecule has 2 N–H and O–H groups in total. The molecule has 4 aromatic rings. The number of methoxy groups -OCH3 is 1. The maximum Gasteiger partial charge on any atom is 0.330 e. The Balaban J connectivity index is 0.00000289. The smallest absolute Gasteiger partial charge is 0.330 e. The number of halogens is 1. The predicted molar refractivity (Wildman–Crippen MR) is 124 cm³/mol. The number of H-pyrrole nitrogens is 1. The van der Waals surface area contributed by atoms with Gasteiger partial charge in [0.1, 0.15) is 25.1 Å². The summed E-state index contributed by atoms with van der Waals surface area (Å²) >= 11 is 0. The molecule has 3 heterocycles. The van der Waals surface area contributed by atoms with Crippen LogP contribution >= 0.6 is 0 Å². The lowest BCUT2D eigenvalue weighted by atomic mass is 10.0. The number of hydrogen-bond acceptors (Lipinski definition) is 6. The first-order valence-electron chi connectivity index (χ1n) is 11.0. The Morgan fingerprint density at radius 1 is 1.23 bits per heavy atom. The molecule has 0 spiro atoms. The number of ether oxygens (including phenoxy) is 2. The van der Waals surface area contributed by atoms with E-state index in [1.54, 1.807) is 18.7 Å². The average Bonchev–Trinajstić information content (AvgIpc) is 3.43. The largest absolute Gasteiger partial charge is 1.00 e. The van der Waals surface area contributed by atoms with Gasteiger partial charge in [0.15, 0.2) is 17.9 Å². The van der Waals surface area contributed by atoms with Gasteiger partial charge >= 0.3 is 5.69 Å². The van der Waals surface area contributed by atoms with Crippen molar-refractivity contribution in [2.24, 2.45) is 7.05 Å². The van der Waals surface area contributed by atoms with Crippen LogP contribution in [-0.2, 0) is 11.8 Å². The molecular weight excluding hydrogens is 565 g/mol. The van der Waals surface area contributed by atoms with E-state index in [-0.39, 0.29) is 36.6 Å². The van der Waals surface area contributed by atoms with Crippen molar-refractivity contribution in [1.82, 2.24) is 19.4 Å². The second-order valence-electron chi connectivity index (χ2n) is 8.54. The van der Waals surface area contributed by atoms with Crippen LogP contribution in [0.1, 0.15) is 24.3 Å². The van der Waals surface area contributed by atoms with Gasteiger partial charge in [0.05, 0.1) is 18.9 Å². The topological polar surface area (TPSA) is 115 Å². The van der Waals surface area contributed by atoms with Gasteiger partial charge in [-0.15, -0.1) is 9.36 Å². The number of aliphatic hydroxyl groups excluding tert-OH is 1. The van der Waals surface area contributed by atoms with Crippen LogP contribution in [0, 0.1) is 6.92 Å². The number of hydrogen-bond donors (Lipinski definition) is 2. The second-order valence-corrected chi connectivity index (χ2v) is 8.54. The summed E-state index contributed by atoms with van der Waals surface area (Å²) < 4.78 is 16.3. The summed E-state index contributed by atoms with van der Waals surface area (Å²) in [6.45, 7) is 1.39. The molecule has 10 nitrogen and oxygen atoms in total. The molecule has 1 aliphatic heterocycles. The molecular formula is C24H26IN5O5. The second kappa shape index (κ2) is 9.91. The molecule has 2 aromatic carbocycles. The van der Waals surface area contributed by atoms with Crippen molar-refractivity contribution in [3.05, 3.63) is 75.2 Å². The minimum absolute atomic E-state index is 0. The van der Waals surface area contributed by atoms with E-state index in [4.69, 9.17) is 9.47 Å². The van der Waals surface area contributed by atoms with E-state index in [9.17, 15) is 14.7 Å². The van der Waals surface area contributed by atoms with Crippen LogP contribution < -0.4 is 44.6 Å². The molecule has 0 amide bonds. The first-order valence-corrected chi connectivity index (χ1v) is 11.0. The minimum Gasteiger partial charge on any atom is -1.00 e. The van der Waals surface area contributed by atoms with E-state index in [0.717, 1.165) is 27.8 Å². The van der Waals surface area contributed by atoms with Crippen molar-refractivity contribution in [3.63, 3.8) is 0 Å². The molecule has 3 atom stereocenters. The van der Waals surface area contributed by atoms with Gasteiger partial charge < -0.3 is 38.6 Å². The molecule has 35 heavy (non-hydrogen) atoms. The van der Waals surface area contributed by atoms with Gasteiger partial charge in [0, 0.05) is 23.7 Å². The van der Waals surface area contributed by atoms with Crippen molar-refractivity contribution in [2.45, 2.75) is 31.7 Å². The molecule has 11 heteroatoms. The Morgan fingerprint density at radius 3 is 2.74 bits per heavy atom. The summed E-state index contributed by atoms with van der Waals surface area (Å²) in [6, 6.07) is 11.7. The van der Waals surface area contributed by atoms with E-state index in [1.165, 1.54) is 10.8 Å².